The van der Waals surface area contributed by atoms with Gasteiger partial charge in [0, 0.05) is 24.2 Å². The molecule has 0 aliphatic rings. The molecule has 182 valence electrons. The Kier molecular flexibility index (Phi) is 8.94. The molecule has 0 atom stereocenters. The lowest BCUT2D eigenvalue weighted by atomic mass is 9.98. The van der Waals surface area contributed by atoms with Crippen LogP contribution in [-0.4, -0.2) is 9.97 Å². The van der Waals surface area contributed by atoms with Crippen LogP contribution in [0.1, 0.15) is 67.1 Å². The van der Waals surface area contributed by atoms with Gasteiger partial charge in [-0.05, 0) is 71.9 Å². The van der Waals surface area contributed by atoms with E-state index in [1.807, 2.05) is 36.7 Å². The molecule has 4 aromatic rings. The van der Waals surface area contributed by atoms with Crippen molar-refractivity contribution in [1.29, 1.82) is 0 Å². The van der Waals surface area contributed by atoms with Gasteiger partial charge in [0.2, 0.25) is 0 Å². The van der Waals surface area contributed by atoms with E-state index in [4.69, 9.17) is 0 Å². The first-order chi connectivity index (χ1) is 17.1. The first-order valence-electron chi connectivity index (χ1n) is 12.9. The third-order valence-electron chi connectivity index (χ3n) is 6.66. The lowest BCUT2D eigenvalue weighted by molar-refractivity contribution is 0.619. The summed E-state index contributed by atoms with van der Waals surface area (Å²) in [4.78, 5) is 9.11. The molecule has 1 heterocycles. The molecule has 0 spiro atoms. The quantitative estimate of drug-likeness (QED) is 0.195. The Hall–Kier alpha value is -3.14. The molecule has 35 heavy (non-hydrogen) atoms. The van der Waals surface area contributed by atoms with Crippen LogP contribution in [0.5, 0.6) is 0 Å². The lowest BCUT2D eigenvalue weighted by Crippen LogP contribution is -2.00. The Morgan fingerprint density at radius 3 is 2.11 bits per heavy atom. The highest BCUT2D eigenvalue weighted by molar-refractivity contribution is 5.84. The number of aryl methyl sites for hydroxylation is 5. The fraction of sp³-hybridized carbons (Fsp3) is 0.355. The van der Waals surface area contributed by atoms with Crippen LogP contribution in [0.15, 0.2) is 67.0 Å². The van der Waals surface area contributed by atoms with Crippen molar-refractivity contribution < 1.29 is 8.78 Å². The van der Waals surface area contributed by atoms with Gasteiger partial charge in [-0.3, -0.25) is 0 Å². The average molecular weight is 473 g/mol. The summed E-state index contributed by atoms with van der Waals surface area (Å²) < 4.78 is 28.2. The maximum absolute atomic E-state index is 15.1. The molecule has 0 fully saturated rings. The van der Waals surface area contributed by atoms with Crippen LogP contribution in [0, 0.1) is 11.6 Å². The first kappa shape index (κ1) is 25.0. The summed E-state index contributed by atoms with van der Waals surface area (Å²) >= 11 is 0. The monoisotopic (exact) mass is 472 g/mol. The highest BCUT2D eigenvalue weighted by Crippen LogP contribution is 2.24. The summed E-state index contributed by atoms with van der Waals surface area (Å²) in [5.74, 6) is 0.435. The molecule has 0 saturated carbocycles. The van der Waals surface area contributed by atoms with Gasteiger partial charge in [0.25, 0.3) is 0 Å². The van der Waals surface area contributed by atoms with Gasteiger partial charge in [0.1, 0.15) is 17.5 Å². The lowest BCUT2D eigenvalue weighted by Gasteiger charge is -2.09. The molecule has 0 N–H and O–H groups in total. The predicted octanol–water partition coefficient (Wildman–Crippen LogP) is 7.99. The highest BCUT2D eigenvalue weighted by Gasteiger charge is 2.09. The Morgan fingerprint density at radius 1 is 0.629 bits per heavy atom. The number of benzene rings is 3. The number of nitrogens with zero attached hydrogens (tertiary/aromatic N) is 2. The summed E-state index contributed by atoms with van der Waals surface area (Å²) in [5.41, 5.74) is 4.05. The third kappa shape index (κ3) is 7.17. The minimum Gasteiger partial charge on any atom is -0.241 e. The highest BCUT2D eigenvalue weighted by atomic mass is 19.1. The summed E-state index contributed by atoms with van der Waals surface area (Å²) in [6, 6.07) is 16.2. The molecule has 4 rings (SSSR count). The van der Waals surface area contributed by atoms with E-state index in [-0.39, 0.29) is 11.6 Å². The zero-order chi connectivity index (χ0) is 24.5. The number of aromatic nitrogens is 2. The number of rotatable bonds is 12. The van der Waals surface area contributed by atoms with Gasteiger partial charge >= 0.3 is 0 Å². The van der Waals surface area contributed by atoms with Crippen molar-refractivity contribution in [3.05, 3.63) is 107 Å². The van der Waals surface area contributed by atoms with Gasteiger partial charge < -0.3 is 0 Å². The van der Waals surface area contributed by atoms with E-state index in [0.717, 1.165) is 41.6 Å². The Balaban J connectivity index is 1.32. The van der Waals surface area contributed by atoms with E-state index in [1.54, 1.807) is 12.1 Å². The number of unbranched alkanes of at least 4 members (excludes halogenated alkanes) is 4. The van der Waals surface area contributed by atoms with Gasteiger partial charge in [-0.25, -0.2) is 18.7 Å². The van der Waals surface area contributed by atoms with Crippen molar-refractivity contribution in [2.45, 2.75) is 71.1 Å². The minimum atomic E-state index is -0.252. The predicted molar refractivity (Wildman–Crippen MR) is 140 cm³/mol. The zero-order valence-corrected chi connectivity index (χ0v) is 20.6. The van der Waals surface area contributed by atoms with E-state index in [9.17, 15) is 4.39 Å². The maximum Gasteiger partial charge on any atom is 0.134 e. The van der Waals surface area contributed by atoms with Gasteiger partial charge in [-0.2, -0.15) is 0 Å². The second-order valence-corrected chi connectivity index (χ2v) is 9.39. The summed E-state index contributed by atoms with van der Waals surface area (Å²) in [6.07, 6.45) is 14.2. The van der Waals surface area contributed by atoms with E-state index in [2.05, 4.69) is 23.0 Å². The largest absolute Gasteiger partial charge is 0.241 e. The van der Waals surface area contributed by atoms with Crippen LogP contribution in [-0.2, 0) is 32.1 Å². The second kappa shape index (κ2) is 12.5. The minimum absolute atomic E-state index is 0.162. The molecule has 4 heteroatoms. The average Bonchev–Trinajstić information content (AvgIpc) is 2.88. The normalized spacial score (nSPS) is 11.3. The van der Waals surface area contributed by atoms with E-state index >= 15 is 4.39 Å². The zero-order valence-electron chi connectivity index (χ0n) is 20.6. The third-order valence-corrected chi connectivity index (χ3v) is 6.66. The van der Waals surface area contributed by atoms with Crippen LogP contribution >= 0.6 is 0 Å². The van der Waals surface area contributed by atoms with E-state index in [0.29, 0.717) is 23.8 Å². The molecule has 0 amide bonds. The number of halogens is 2. The van der Waals surface area contributed by atoms with Crippen LogP contribution in [0.25, 0.3) is 10.8 Å². The smallest absolute Gasteiger partial charge is 0.134 e. The van der Waals surface area contributed by atoms with Crippen LogP contribution < -0.4 is 0 Å². The molecule has 0 radical (unpaired) electrons. The second-order valence-electron chi connectivity index (χ2n) is 9.39. The van der Waals surface area contributed by atoms with Crippen molar-refractivity contribution in [2.75, 3.05) is 0 Å². The van der Waals surface area contributed by atoms with Crippen molar-refractivity contribution in [3.63, 3.8) is 0 Å². The van der Waals surface area contributed by atoms with Gasteiger partial charge in [-0.15, -0.1) is 0 Å². The Bertz CT molecular complexity index is 1220. The fourth-order valence-corrected chi connectivity index (χ4v) is 4.49. The Morgan fingerprint density at radius 2 is 1.34 bits per heavy atom. The molecular weight excluding hydrogens is 438 g/mol. The number of hydrogen-bond donors (Lipinski definition) is 0. The van der Waals surface area contributed by atoms with Crippen molar-refractivity contribution in [2.24, 2.45) is 0 Å². The van der Waals surface area contributed by atoms with Crippen LogP contribution in [0.3, 0.4) is 0 Å². The molecule has 0 aliphatic carbocycles. The first-order valence-corrected chi connectivity index (χ1v) is 12.9. The van der Waals surface area contributed by atoms with Gasteiger partial charge in [-0.1, -0.05) is 75.1 Å². The van der Waals surface area contributed by atoms with Crippen molar-refractivity contribution in [3.8, 4) is 0 Å². The topological polar surface area (TPSA) is 25.8 Å². The molecule has 0 unspecified atom stereocenters. The molecule has 0 bridgehead atoms. The molecule has 0 aliphatic heterocycles. The molecule has 3 aromatic carbocycles. The maximum atomic E-state index is 15.1. The van der Waals surface area contributed by atoms with Gasteiger partial charge in [0.05, 0.1) is 0 Å². The standard InChI is InChI=1S/C31H34F2N2/c1-2-3-4-5-6-7-25-21-34-30(35-22-25)19-12-24-11-18-29-27(20-24)15-14-26(31(29)33)13-8-23-9-16-28(32)17-10-23/h9-11,14-18,20-22H,2-8,12-13,19H2,1H3. The van der Waals surface area contributed by atoms with E-state index in [1.165, 1.54) is 49.8 Å². The molecule has 0 saturated heterocycles. The number of hydrogen-bond acceptors (Lipinski definition) is 2. The molecule has 1 aromatic heterocycles. The van der Waals surface area contributed by atoms with Crippen LogP contribution in [0.2, 0.25) is 0 Å². The van der Waals surface area contributed by atoms with E-state index < -0.39 is 0 Å². The number of fused-ring (bicyclic) bond motifs is 1. The summed E-state index contributed by atoms with van der Waals surface area (Å²) in [7, 11) is 0. The molecular formula is C31H34F2N2. The SMILES string of the molecule is CCCCCCCc1cnc(CCc2ccc3c(F)c(CCc4ccc(F)cc4)ccc3c2)nc1. The fourth-order valence-electron chi connectivity index (χ4n) is 4.49. The van der Waals surface area contributed by atoms with Crippen LogP contribution in [0.4, 0.5) is 8.78 Å². The molecule has 2 nitrogen and oxygen atoms in total. The summed E-state index contributed by atoms with van der Waals surface area (Å²) in [5, 5.41) is 1.55. The van der Waals surface area contributed by atoms with Crippen molar-refractivity contribution >= 4 is 10.8 Å². The Labute approximate surface area is 207 Å². The van der Waals surface area contributed by atoms with Gasteiger partial charge in [0.15, 0.2) is 0 Å². The summed E-state index contributed by atoms with van der Waals surface area (Å²) in [6.45, 7) is 2.23. The van der Waals surface area contributed by atoms with Crippen molar-refractivity contribution in [1.82, 2.24) is 9.97 Å².